The Morgan fingerprint density at radius 1 is 0.917 bits per heavy atom. The monoisotopic (exact) mass is 318 g/mol. The van der Waals surface area contributed by atoms with E-state index < -0.39 is 5.97 Å². The first-order valence-electron chi connectivity index (χ1n) is 7.19. The average Bonchev–Trinajstić information content (AvgIpc) is 3.12. The summed E-state index contributed by atoms with van der Waals surface area (Å²) in [6.07, 6.45) is 4.23. The van der Waals surface area contributed by atoms with Gasteiger partial charge in [0.15, 0.2) is 11.6 Å². The molecule has 1 aliphatic rings. The Bertz CT molecular complexity index is 990. The molecule has 0 bridgehead atoms. The van der Waals surface area contributed by atoms with Crippen LogP contribution in [0.1, 0.15) is 42.2 Å². The molecule has 0 N–H and O–H groups in total. The first kappa shape index (κ1) is 14.1. The molecule has 1 heterocycles. The zero-order valence-corrected chi connectivity index (χ0v) is 12.3. The van der Waals surface area contributed by atoms with Crippen molar-refractivity contribution in [2.75, 3.05) is 0 Å². The molecule has 3 aromatic rings. The minimum absolute atomic E-state index is 0.0500. The van der Waals surface area contributed by atoms with Crippen LogP contribution in [0.2, 0.25) is 0 Å². The molecule has 24 heavy (non-hydrogen) atoms. The van der Waals surface area contributed by atoms with Crippen LogP contribution in [0.3, 0.4) is 0 Å². The van der Waals surface area contributed by atoms with Crippen molar-refractivity contribution in [1.82, 2.24) is 9.71 Å². The first-order valence-corrected chi connectivity index (χ1v) is 7.19. The average molecular weight is 318 g/mol. The Morgan fingerprint density at radius 2 is 1.62 bits per heavy atom. The third-order valence-electron chi connectivity index (χ3n) is 3.84. The molecule has 0 saturated heterocycles. The van der Waals surface area contributed by atoms with Gasteiger partial charge in [0.25, 0.3) is 0 Å². The molecule has 0 aliphatic heterocycles. The fourth-order valence-electron chi connectivity index (χ4n) is 2.76. The highest BCUT2D eigenvalue weighted by atomic mass is 16.7. The molecule has 0 atom stereocenters. The predicted octanol–water partition coefficient (Wildman–Crippen LogP) is 1.93. The summed E-state index contributed by atoms with van der Waals surface area (Å²) in [5.74, 6) is -1.37. The van der Waals surface area contributed by atoms with Crippen LogP contribution in [-0.4, -0.2) is 27.3 Å². The summed E-state index contributed by atoms with van der Waals surface area (Å²) < 4.78 is 1.13. The molecule has 116 valence electrons. The summed E-state index contributed by atoms with van der Waals surface area (Å²) in [5, 5.41) is 0. The van der Waals surface area contributed by atoms with Crippen LogP contribution in [0.15, 0.2) is 61.2 Å². The van der Waals surface area contributed by atoms with Gasteiger partial charge in [-0.25, -0.2) is 9.78 Å². The van der Waals surface area contributed by atoms with E-state index in [4.69, 9.17) is 4.84 Å². The van der Waals surface area contributed by atoms with E-state index in [0.717, 1.165) is 4.73 Å². The van der Waals surface area contributed by atoms with Crippen molar-refractivity contribution in [2.24, 2.45) is 0 Å². The standard InChI is InChI=1S/C18H10N2O4/c21-16-11-4-1-2-5-12(11)17(22)15-13(16)6-3-7-14(15)18(23)24-20-9-8-19-10-20/h1-10H. The number of aromatic nitrogens is 2. The van der Waals surface area contributed by atoms with Gasteiger partial charge in [-0.2, -0.15) is 4.73 Å². The lowest BCUT2D eigenvalue weighted by Crippen LogP contribution is -2.27. The van der Waals surface area contributed by atoms with Crippen molar-refractivity contribution >= 4 is 17.5 Å². The van der Waals surface area contributed by atoms with Crippen molar-refractivity contribution in [3.8, 4) is 0 Å². The maximum atomic E-state index is 12.8. The molecular formula is C18H10N2O4. The van der Waals surface area contributed by atoms with Gasteiger partial charge >= 0.3 is 5.97 Å². The van der Waals surface area contributed by atoms with Gasteiger partial charge in [-0.1, -0.05) is 36.4 Å². The molecule has 6 nitrogen and oxygen atoms in total. The minimum Gasteiger partial charge on any atom is -0.330 e. The Kier molecular flexibility index (Phi) is 3.09. The van der Waals surface area contributed by atoms with Crippen LogP contribution < -0.4 is 4.84 Å². The van der Waals surface area contributed by atoms with Crippen LogP contribution in [0.5, 0.6) is 0 Å². The molecule has 0 spiro atoms. The molecule has 2 aromatic carbocycles. The number of ketones is 2. The van der Waals surface area contributed by atoms with Gasteiger partial charge in [-0.3, -0.25) is 9.59 Å². The third kappa shape index (κ3) is 2.04. The van der Waals surface area contributed by atoms with Gasteiger partial charge in [0.2, 0.25) is 0 Å². The Labute approximate surface area is 136 Å². The van der Waals surface area contributed by atoms with E-state index in [0.29, 0.717) is 5.56 Å². The van der Waals surface area contributed by atoms with Gasteiger partial charge in [0.05, 0.1) is 11.8 Å². The lowest BCUT2D eigenvalue weighted by molar-refractivity contribution is 0.0458. The summed E-state index contributed by atoms with van der Waals surface area (Å²) >= 11 is 0. The lowest BCUT2D eigenvalue weighted by atomic mass is 9.82. The fourth-order valence-corrected chi connectivity index (χ4v) is 2.76. The number of rotatable bonds is 2. The van der Waals surface area contributed by atoms with Crippen LogP contribution in [0.4, 0.5) is 0 Å². The highest BCUT2D eigenvalue weighted by molar-refractivity contribution is 6.30. The van der Waals surface area contributed by atoms with E-state index in [1.165, 1.54) is 24.8 Å². The Morgan fingerprint density at radius 3 is 2.33 bits per heavy atom. The van der Waals surface area contributed by atoms with Gasteiger partial charge < -0.3 is 4.84 Å². The lowest BCUT2D eigenvalue weighted by Gasteiger charge is -2.19. The fraction of sp³-hybridized carbons (Fsp3) is 0. The first-order chi connectivity index (χ1) is 11.7. The van der Waals surface area contributed by atoms with Gasteiger partial charge in [-0.05, 0) is 6.07 Å². The molecule has 0 fully saturated rings. The topological polar surface area (TPSA) is 78.3 Å². The molecule has 0 unspecified atom stereocenters. The Hall–Kier alpha value is -3.54. The predicted molar refractivity (Wildman–Crippen MR) is 82.9 cm³/mol. The summed E-state index contributed by atoms with van der Waals surface area (Å²) in [6.45, 7) is 0. The second-order valence-corrected chi connectivity index (χ2v) is 5.23. The Balaban J connectivity index is 1.84. The second-order valence-electron chi connectivity index (χ2n) is 5.23. The van der Waals surface area contributed by atoms with E-state index in [9.17, 15) is 14.4 Å². The number of fused-ring (bicyclic) bond motifs is 2. The van der Waals surface area contributed by atoms with Crippen molar-refractivity contribution in [3.05, 3.63) is 89.0 Å². The smallest absolute Gasteiger partial charge is 0.330 e. The molecular weight excluding hydrogens is 308 g/mol. The molecule has 0 amide bonds. The number of benzene rings is 2. The van der Waals surface area contributed by atoms with Gasteiger partial charge in [0.1, 0.15) is 6.33 Å². The molecule has 6 heteroatoms. The molecule has 0 saturated carbocycles. The van der Waals surface area contributed by atoms with E-state index in [1.807, 2.05) is 0 Å². The van der Waals surface area contributed by atoms with Crippen LogP contribution >= 0.6 is 0 Å². The van der Waals surface area contributed by atoms with Crippen molar-refractivity contribution in [3.63, 3.8) is 0 Å². The van der Waals surface area contributed by atoms with E-state index in [2.05, 4.69) is 4.98 Å². The highest BCUT2D eigenvalue weighted by Gasteiger charge is 2.33. The van der Waals surface area contributed by atoms with Crippen molar-refractivity contribution in [2.45, 2.75) is 0 Å². The highest BCUT2D eigenvalue weighted by Crippen LogP contribution is 2.29. The van der Waals surface area contributed by atoms with Crippen molar-refractivity contribution < 1.29 is 19.2 Å². The number of carbonyl (C=O) groups excluding carboxylic acids is 3. The number of imidazole rings is 1. The molecule has 1 aliphatic carbocycles. The zero-order valence-electron chi connectivity index (χ0n) is 12.3. The van der Waals surface area contributed by atoms with E-state index in [1.54, 1.807) is 36.4 Å². The largest absolute Gasteiger partial charge is 0.364 e. The quantitative estimate of drug-likeness (QED) is 0.564. The van der Waals surface area contributed by atoms with Gasteiger partial charge in [-0.15, -0.1) is 0 Å². The summed E-state index contributed by atoms with van der Waals surface area (Å²) in [5.41, 5.74) is 0.965. The summed E-state index contributed by atoms with van der Waals surface area (Å²) in [4.78, 5) is 46.7. The van der Waals surface area contributed by atoms with E-state index in [-0.39, 0.29) is 33.8 Å². The normalized spacial score (nSPS) is 12.5. The van der Waals surface area contributed by atoms with Crippen molar-refractivity contribution in [1.29, 1.82) is 0 Å². The number of hydrogen-bond acceptors (Lipinski definition) is 5. The molecule has 1 aromatic heterocycles. The third-order valence-corrected chi connectivity index (χ3v) is 3.84. The minimum atomic E-state index is -0.731. The summed E-state index contributed by atoms with van der Waals surface area (Å²) in [7, 11) is 0. The van der Waals surface area contributed by atoms with E-state index >= 15 is 0 Å². The van der Waals surface area contributed by atoms with Crippen LogP contribution in [-0.2, 0) is 0 Å². The maximum absolute atomic E-state index is 12.8. The zero-order chi connectivity index (χ0) is 16.7. The molecule has 0 radical (unpaired) electrons. The second kappa shape index (κ2) is 5.27. The molecule has 4 rings (SSSR count). The SMILES string of the molecule is O=C(On1ccnc1)c1cccc2c1C(=O)c1ccccc1C2=O. The van der Waals surface area contributed by atoms with Crippen LogP contribution in [0, 0.1) is 0 Å². The van der Waals surface area contributed by atoms with Gasteiger partial charge in [0, 0.05) is 28.5 Å². The number of nitrogens with zero attached hydrogens (tertiary/aromatic N) is 2. The number of hydrogen-bond donors (Lipinski definition) is 0. The summed E-state index contributed by atoms with van der Waals surface area (Å²) in [6, 6.07) is 11.1. The van der Waals surface area contributed by atoms with Crippen LogP contribution in [0.25, 0.3) is 0 Å². The maximum Gasteiger partial charge on any atom is 0.364 e. The number of carbonyl (C=O) groups is 3.